The van der Waals surface area contributed by atoms with E-state index in [4.69, 9.17) is 15.0 Å². The molecule has 0 saturated carbocycles. The predicted octanol–water partition coefficient (Wildman–Crippen LogP) is 10.6. The zero-order chi connectivity index (χ0) is 34.6. The Bertz CT molecular complexity index is 2990. The van der Waals surface area contributed by atoms with E-state index < -0.39 is 7.14 Å². The summed E-state index contributed by atoms with van der Waals surface area (Å²) in [5.41, 5.74) is 6.43. The highest BCUT2D eigenvalue weighted by atomic mass is 31.2. The Morgan fingerprint density at radius 2 is 1.04 bits per heavy atom. The third kappa shape index (κ3) is 4.76. The quantitative estimate of drug-likeness (QED) is 0.134. The molecule has 3 aromatic heterocycles. The normalized spacial score (nSPS) is 11.9. The minimum atomic E-state index is -3.13. The van der Waals surface area contributed by atoms with Gasteiger partial charge in [0.05, 0.1) is 27.9 Å². The zero-order valence-electron chi connectivity index (χ0n) is 28.0. The molecule has 0 bridgehead atoms. The van der Waals surface area contributed by atoms with Gasteiger partial charge in [-0.15, -0.1) is 0 Å². The van der Waals surface area contributed by atoms with E-state index in [9.17, 15) is 0 Å². The number of hydrogen-bond acceptors (Lipinski definition) is 4. The molecule has 0 aliphatic heterocycles. The fourth-order valence-corrected chi connectivity index (χ4v) is 10.3. The van der Waals surface area contributed by atoms with E-state index in [1.807, 2.05) is 91.1 Å². The summed E-state index contributed by atoms with van der Waals surface area (Å²) in [6.07, 6.45) is 1.83. The molecule has 0 atom stereocenters. The van der Waals surface area contributed by atoms with E-state index in [0.717, 1.165) is 92.7 Å². The van der Waals surface area contributed by atoms with Crippen molar-refractivity contribution in [3.05, 3.63) is 182 Å². The second-order valence-electron chi connectivity index (χ2n) is 13.1. The first-order chi connectivity index (χ1) is 25.7. The Balaban J connectivity index is 1.22. The molecule has 244 valence electrons. The average molecular weight is 684 g/mol. The topological polar surface area (TPSA) is 55.7 Å². The van der Waals surface area contributed by atoms with E-state index in [1.54, 1.807) is 0 Å². The molecular formula is C47H30N3OP. The van der Waals surface area contributed by atoms with Crippen molar-refractivity contribution in [3.8, 4) is 22.5 Å². The Morgan fingerprint density at radius 1 is 0.442 bits per heavy atom. The van der Waals surface area contributed by atoms with Gasteiger partial charge in [-0.05, 0) is 35.0 Å². The number of nitrogens with zero attached hydrogens (tertiary/aromatic N) is 3. The van der Waals surface area contributed by atoms with Crippen LogP contribution in [0.5, 0.6) is 0 Å². The minimum absolute atomic E-state index is 0.783. The van der Waals surface area contributed by atoms with E-state index in [0.29, 0.717) is 0 Å². The van der Waals surface area contributed by atoms with Gasteiger partial charge in [0.2, 0.25) is 0 Å². The van der Waals surface area contributed by atoms with Crippen molar-refractivity contribution < 1.29 is 4.57 Å². The van der Waals surface area contributed by atoms with E-state index >= 15 is 4.57 Å². The van der Waals surface area contributed by atoms with Crippen molar-refractivity contribution in [2.24, 2.45) is 0 Å². The van der Waals surface area contributed by atoms with Gasteiger partial charge in [-0.25, -0.2) is 9.97 Å². The SMILES string of the molecule is O=P(c1ccccc1)(c1ccccc1)c1ccc(-c2nc3ccccc3c3c2cc(-c2ccc4ccc5cccnc5c4n2)c2ccccc23)cc1. The van der Waals surface area contributed by atoms with Gasteiger partial charge < -0.3 is 4.57 Å². The van der Waals surface area contributed by atoms with Crippen molar-refractivity contribution in [1.82, 2.24) is 15.0 Å². The standard InChI is InChI=1S/C47H30N3OP/c51-52(34-13-3-1-4-14-34,35-15-5-2-6-16-35)36-26-23-32(24-27-36)45-41-30-40(43-28-25-33-22-21-31-12-11-29-48-46(31)47(33)50-43)37-17-7-8-18-38(37)44(41)39-19-9-10-20-42(39)49-45/h1-30H. The minimum Gasteiger partial charge on any atom is -0.309 e. The number of pyridine rings is 3. The molecule has 0 aliphatic carbocycles. The Labute approximate surface area is 300 Å². The number of benzene rings is 7. The summed E-state index contributed by atoms with van der Waals surface area (Å²) in [4.78, 5) is 15.3. The lowest BCUT2D eigenvalue weighted by molar-refractivity contribution is 0.592. The van der Waals surface area contributed by atoms with Crippen LogP contribution >= 0.6 is 7.14 Å². The van der Waals surface area contributed by atoms with Gasteiger partial charge in [0.15, 0.2) is 7.14 Å². The van der Waals surface area contributed by atoms with Crippen LogP contribution in [0.4, 0.5) is 0 Å². The molecule has 52 heavy (non-hydrogen) atoms. The summed E-state index contributed by atoms with van der Waals surface area (Å²) in [6, 6.07) is 59.5. The molecule has 0 unspecified atom stereocenters. The first-order valence-electron chi connectivity index (χ1n) is 17.4. The van der Waals surface area contributed by atoms with Crippen LogP contribution in [-0.2, 0) is 4.57 Å². The van der Waals surface area contributed by atoms with Gasteiger partial charge in [0.1, 0.15) is 0 Å². The highest BCUT2D eigenvalue weighted by Gasteiger charge is 2.29. The lowest BCUT2D eigenvalue weighted by Gasteiger charge is -2.20. The van der Waals surface area contributed by atoms with Crippen molar-refractivity contribution in [2.75, 3.05) is 0 Å². The number of hydrogen-bond donors (Lipinski definition) is 0. The van der Waals surface area contributed by atoms with Crippen LogP contribution in [0.1, 0.15) is 0 Å². The Morgan fingerprint density at radius 3 is 1.77 bits per heavy atom. The molecule has 5 heteroatoms. The number of para-hydroxylation sites is 1. The average Bonchev–Trinajstić information content (AvgIpc) is 3.23. The monoisotopic (exact) mass is 683 g/mol. The van der Waals surface area contributed by atoms with Crippen LogP contribution < -0.4 is 15.9 Å². The molecule has 7 aromatic carbocycles. The summed E-state index contributed by atoms with van der Waals surface area (Å²) in [7, 11) is -3.13. The molecular weight excluding hydrogens is 654 g/mol. The van der Waals surface area contributed by atoms with Crippen molar-refractivity contribution in [3.63, 3.8) is 0 Å². The van der Waals surface area contributed by atoms with Crippen LogP contribution in [0.2, 0.25) is 0 Å². The molecule has 0 amide bonds. The van der Waals surface area contributed by atoms with Gasteiger partial charge in [0.25, 0.3) is 0 Å². The third-order valence-electron chi connectivity index (χ3n) is 10.2. The van der Waals surface area contributed by atoms with Gasteiger partial charge in [0, 0.05) is 60.2 Å². The third-order valence-corrected chi connectivity index (χ3v) is 13.2. The number of fused-ring (bicyclic) bond motifs is 8. The Kier molecular flexibility index (Phi) is 7.06. The van der Waals surface area contributed by atoms with Crippen LogP contribution in [0, 0.1) is 0 Å². The van der Waals surface area contributed by atoms with Crippen LogP contribution in [-0.4, -0.2) is 15.0 Å². The predicted molar refractivity (Wildman–Crippen MR) is 218 cm³/mol. The maximum atomic E-state index is 15.1. The first-order valence-corrected chi connectivity index (χ1v) is 19.1. The van der Waals surface area contributed by atoms with Crippen LogP contribution in [0.25, 0.3) is 76.8 Å². The lowest BCUT2D eigenvalue weighted by Crippen LogP contribution is -2.24. The van der Waals surface area contributed by atoms with E-state index in [1.165, 1.54) is 0 Å². The smallest absolute Gasteiger partial charge is 0.171 e. The van der Waals surface area contributed by atoms with Crippen molar-refractivity contribution in [1.29, 1.82) is 0 Å². The molecule has 0 spiro atoms. The van der Waals surface area contributed by atoms with Gasteiger partial charge >= 0.3 is 0 Å². The van der Waals surface area contributed by atoms with Crippen LogP contribution in [0.15, 0.2) is 182 Å². The molecule has 0 aliphatic rings. The summed E-state index contributed by atoms with van der Waals surface area (Å²) < 4.78 is 15.1. The fraction of sp³-hybridized carbons (Fsp3) is 0. The van der Waals surface area contributed by atoms with Crippen molar-refractivity contribution in [2.45, 2.75) is 0 Å². The fourth-order valence-electron chi connectivity index (χ4n) is 7.67. The number of rotatable bonds is 5. The molecule has 0 fully saturated rings. The maximum Gasteiger partial charge on any atom is 0.171 e. The van der Waals surface area contributed by atoms with E-state index in [-0.39, 0.29) is 0 Å². The molecule has 10 aromatic rings. The first kappa shape index (κ1) is 30.4. The van der Waals surface area contributed by atoms with Crippen molar-refractivity contribution >= 4 is 77.3 Å². The van der Waals surface area contributed by atoms with Gasteiger partial charge in [-0.1, -0.05) is 152 Å². The molecule has 3 heterocycles. The summed E-state index contributed by atoms with van der Waals surface area (Å²) >= 11 is 0. The molecule has 10 rings (SSSR count). The Hall–Kier alpha value is -6.48. The number of aromatic nitrogens is 3. The highest BCUT2D eigenvalue weighted by Crippen LogP contribution is 2.44. The molecule has 0 saturated heterocycles. The largest absolute Gasteiger partial charge is 0.309 e. The van der Waals surface area contributed by atoms with E-state index in [2.05, 4.69) is 91.0 Å². The van der Waals surface area contributed by atoms with Gasteiger partial charge in [-0.2, -0.15) is 0 Å². The summed E-state index contributed by atoms with van der Waals surface area (Å²) in [5.74, 6) is 0. The molecule has 0 radical (unpaired) electrons. The summed E-state index contributed by atoms with van der Waals surface area (Å²) in [5, 5.41) is 10.1. The second kappa shape index (κ2) is 12.1. The van der Waals surface area contributed by atoms with Crippen LogP contribution in [0.3, 0.4) is 0 Å². The lowest BCUT2D eigenvalue weighted by atomic mass is 9.91. The highest BCUT2D eigenvalue weighted by molar-refractivity contribution is 7.85. The maximum absolute atomic E-state index is 15.1. The zero-order valence-corrected chi connectivity index (χ0v) is 28.9. The van der Waals surface area contributed by atoms with Gasteiger partial charge in [-0.3, -0.25) is 4.98 Å². The summed E-state index contributed by atoms with van der Waals surface area (Å²) in [6.45, 7) is 0. The molecule has 0 N–H and O–H groups in total. The second-order valence-corrected chi connectivity index (χ2v) is 15.9. The molecule has 4 nitrogen and oxygen atoms in total.